The van der Waals surface area contributed by atoms with Gasteiger partial charge in [-0.2, -0.15) is 0 Å². The quantitative estimate of drug-likeness (QED) is 0.868. The number of anilines is 1. The Hall–Kier alpha value is -1.50. The number of carbonyl (C=O) groups is 1. The summed E-state index contributed by atoms with van der Waals surface area (Å²) in [5.41, 5.74) is 1.57. The first kappa shape index (κ1) is 19.3. The van der Waals surface area contributed by atoms with Crippen LogP contribution < -0.4 is 10.1 Å². The van der Waals surface area contributed by atoms with Gasteiger partial charge in [0.15, 0.2) is 0 Å². The molecule has 6 nitrogen and oxygen atoms in total. The lowest BCUT2D eigenvalue weighted by Gasteiger charge is -2.39. The van der Waals surface area contributed by atoms with E-state index in [1.54, 1.807) is 13.2 Å². The van der Waals surface area contributed by atoms with Gasteiger partial charge in [-0.15, -0.1) is 0 Å². The molecule has 2 aliphatic rings. The van der Waals surface area contributed by atoms with Gasteiger partial charge in [-0.3, -0.25) is 4.90 Å². The number of methoxy groups -OCH3 is 1. The summed E-state index contributed by atoms with van der Waals surface area (Å²) in [7, 11) is 1.58. The lowest BCUT2D eigenvalue weighted by molar-refractivity contribution is 0.0229. The van der Waals surface area contributed by atoms with Crippen LogP contribution in [0.3, 0.4) is 0 Å². The van der Waals surface area contributed by atoms with Gasteiger partial charge < -0.3 is 19.7 Å². The predicted molar refractivity (Wildman–Crippen MR) is 103 cm³/mol. The summed E-state index contributed by atoms with van der Waals surface area (Å²) in [6.45, 7) is 7.05. The Bertz CT molecular complexity index is 635. The van der Waals surface area contributed by atoms with E-state index in [1.807, 2.05) is 17.9 Å². The van der Waals surface area contributed by atoms with Crippen LogP contribution in [-0.2, 0) is 4.74 Å². The van der Waals surface area contributed by atoms with E-state index in [2.05, 4.69) is 10.2 Å². The number of hydrogen-bond donors (Lipinski definition) is 1. The average Bonchev–Trinajstić information content (AvgIpc) is 2.65. The zero-order valence-corrected chi connectivity index (χ0v) is 16.3. The summed E-state index contributed by atoms with van der Waals surface area (Å²) in [6, 6.07) is 3.78. The summed E-state index contributed by atoms with van der Waals surface area (Å²) in [5.74, 6) is 0.579. The van der Waals surface area contributed by atoms with Gasteiger partial charge in [0.05, 0.1) is 26.0 Å². The van der Waals surface area contributed by atoms with Crippen LogP contribution >= 0.6 is 11.6 Å². The molecule has 0 spiro atoms. The van der Waals surface area contributed by atoms with Crippen molar-refractivity contribution < 1.29 is 14.3 Å². The number of morpholine rings is 1. The summed E-state index contributed by atoms with van der Waals surface area (Å²) in [6.07, 6.45) is 3.26. The molecule has 0 bridgehead atoms. The van der Waals surface area contributed by atoms with Gasteiger partial charge in [-0.1, -0.05) is 11.6 Å². The second-order valence-electron chi connectivity index (χ2n) is 6.99. The van der Waals surface area contributed by atoms with E-state index < -0.39 is 0 Å². The molecule has 2 fully saturated rings. The molecule has 1 atom stereocenters. The number of urea groups is 1. The molecule has 3 rings (SSSR count). The number of likely N-dealkylation sites (tertiary alicyclic amines) is 1. The minimum atomic E-state index is -0.0667. The molecule has 2 heterocycles. The van der Waals surface area contributed by atoms with Crippen LogP contribution in [0, 0.1) is 6.92 Å². The zero-order chi connectivity index (χ0) is 18.5. The van der Waals surface area contributed by atoms with Crippen LogP contribution in [0.25, 0.3) is 0 Å². The largest absolute Gasteiger partial charge is 0.495 e. The highest BCUT2D eigenvalue weighted by Crippen LogP contribution is 2.31. The van der Waals surface area contributed by atoms with E-state index in [4.69, 9.17) is 21.1 Å². The van der Waals surface area contributed by atoms with E-state index in [-0.39, 0.29) is 12.1 Å². The van der Waals surface area contributed by atoms with Gasteiger partial charge in [0.25, 0.3) is 0 Å². The van der Waals surface area contributed by atoms with Crippen molar-refractivity contribution in [1.29, 1.82) is 0 Å². The van der Waals surface area contributed by atoms with Gasteiger partial charge in [-0.05, 0) is 37.8 Å². The maximum Gasteiger partial charge on any atom is 0.322 e. The molecule has 0 aromatic heterocycles. The maximum atomic E-state index is 13.0. The first-order chi connectivity index (χ1) is 12.6. The van der Waals surface area contributed by atoms with Gasteiger partial charge in [-0.25, -0.2) is 4.79 Å². The van der Waals surface area contributed by atoms with Gasteiger partial charge in [0, 0.05) is 43.3 Å². The normalized spacial score (nSPS) is 21.5. The standard InChI is InChI=1S/C19H28ClN3O3/c1-14-11-17(18(25-2)12-16(14)20)21-19(24)23-6-4-3-5-15(23)13-22-7-9-26-10-8-22/h11-12,15H,3-10,13H2,1-2H3,(H,21,24)/t15-/m1/s1. The second-order valence-corrected chi connectivity index (χ2v) is 7.40. The van der Waals surface area contributed by atoms with Crippen molar-refractivity contribution in [3.8, 4) is 5.75 Å². The van der Waals surface area contributed by atoms with E-state index >= 15 is 0 Å². The molecule has 2 amide bonds. The number of amides is 2. The Balaban J connectivity index is 1.69. The first-order valence-electron chi connectivity index (χ1n) is 9.30. The number of hydrogen-bond acceptors (Lipinski definition) is 4. The second kappa shape index (κ2) is 8.93. The molecule has 0 aliphatic carbocycles. The molecule has 7 heteroatoms. The molecule has 0 unspecified atom stereocenters. The van der Waals surface area contributed by atoms with E-state index in [0.717, 1.165) is 57.8 Å². The fourth-order valence-electron chi connectivity index (χ4n) is 3.66. The summed E-state index contributed by atoms with van der Waals surface area (Å²) >= 11 is 6.16. The van der Waals surface area contributed by atoms with Crippen molar-refractivity contribution in [2.75, 3.05) is 51.8 Å². The predicted octanol–water partition coefficient (Wildman–Crippen LogP) is 3.38. The highest BCUT2D eigenvalue weighted by atomic mass is 35.5. The molecule has 2 aliphatic heterocycles. The molecule has 0 saturated carbocycles. The van der Waals surface area contributed by atoms with Gasteiger partial charge >= 0.3 is 6.03 Å². The van der Waals surface area contributed by atoms with Crippen LogP contribution in [0.4, 0.5) is 10.5 Å². The minimum absolute atomic E-state index is 0.0667. The highest BCUT2D eigenvalue weighted by molar-refractivity contribution is 6.31. The Morgan fingerprint density at radius 1 is 1.31 bits per heavy atom. The summed E-state index contributed by atoms with van der Waals surface area (Å²) in [4.78, 5) is 17.3. The molecule has 0 radical (unpaired) electrons. The van der Waals surface area contributed by atoms with Crippen LogP contribution in [0.15, 0.2) is 12.1 Å². The average molecular weight is 382 g/mol. The third kappa shape index (κ3) is 4.61. The Labute approximate surface area is 160 Å². The molecular formula is C19H28ClN3O3. The monoisotopic (exact) mass is 381 g/mol. The number of nitrogens with zero attached hydrogens (tertiary/aromatic N) is 2. The number of piperidine rings is 1. The minimum Gasteiger partial charge on any atom is -0.495 e. The molecule has 1 aromatic rings. The molecular weight excluding hydrogens is 354 g/mol. The van der Waals surface area contributed by atoms with E-state index in [0.29, 0.717) is 16.5 Å². The van der Waals surface area contributed by atoms with Crippen molar-refractivity contribution in [2.45, 2.75) is 32.2 Å². The van der Waals surface area contributed by atoms with Gasteiger partial charge in [0.2, 0.25) is 0 Å². The maximum absolute atomic E-state index is 13.0. The smallest absolute Gasteiger partial charge is 0.322 e. The van der Waals surface area contributed by atoms with Crippen LogP contribution in [-0.4, -0.2) is 68.4 Å². The van der Waals surface area contributed by atoms with Crippen molar-refractivity contribution in [2.24, 2.45) is 0 Å². The molecule has 1 N–H and O–H groups in total. The molecule has 1 aromatic carbocycles. The number of benzene rings is 1. The van der Waals surface area contributed by atoms with Crippen molar-refractivity contribution >= 4 is 23.3 Å². The Morgan fingerprint density at radius 3 is 2.81 bits per heavy atom. The first-order valence-corrected chi connectivity index (χ1v) is 9.68. The number of ether oxygens (including phenoxy) is 2. The molecule has 144 valence electrons. The van der Waals surface area contributed by atoms with Crippen molar-refractivity contribution in [1.82, 2.24) is 9.80 Å². The summed E-state index contributed by atoms with van der Waals surface area (Å²) < 4.78 is 10.8. The van der Waals surface area contributed by atoms with Crippen molar-refractivity contribution in [3.05, 3.63) is 22.7 Å². The number of halogens is 1. The third-order valence-corrected chi connectivity index (χ3v) is 5.59. The van der Waals surface area contributed by atoms with E-state index in [9.17, 15) is 4.79 Å². The highest BCUT2D eigenvalue weighted by Gasteiger charge is 2.29. The van der Waals surface area contributed by atoms with E-state index in [1.165, 1.54) is 6.42 Å². The number of rotatable bonds is 4. The van der Waals surface area contributed by atoms with Crippen LogP contribution in [0.2, 0.25) is 5.02 Å². The Morgan fingerprint density at radius 2 is 2.08 bits per heavy atom. The van der Waals surface area contributed by atoms with Gasteiger partial charge in [0.1, 0.15) is 5.75 Å². The fraction of sp³-hybridized carbons (Fsp3) is 0.632. The number of aryl methyl sites for hydroxylation is 1. The number of carbonyl (C=O) groups excluding carboxylic acids is 1. The molecule has 26 heavy (non-hydrogen) atoms. The topological polar surface area (TPSA) is 54.0 Å². The summed E-state index contributed by atoms with van der Waals surface area (Å²) in [5, 5.41) is 3.65. The lowest BCUT2D eigenvalue weighted by Crippen LogP contribution is -2.52. The zero-order valence-electron chi connectivity index (χ0n) is 15.6. The molecule has 2 saturated heterocycles. The van der Waals surface area contributed by atoms with Crippen LogP contribution in [0.5, 0.6) is 5.75 Å². The third-order valence-electron chi connectivity index (χ3n) is 5.18. The van der Waals surface area contributed by atoms with Crippen molar-refractivity contribution in [3.63, 3.8) is 0 Å². The SMILES string of the molecule is COc1cc(Cl)c(C)cc1NC(=O)N1CCCC[C@@H]1CN1CCOCC1. The number of nitrogens with one attached hydrogen (secondary N) is 1. The fourth-order valence-corrected chi connectivity index (χ4v) is 3.81. The van der Waals surface area contributed by atoms with Crippen LogP contribution in [0.1, 0.15) is 24.8 Å². The Kier molecular flexibility index (Phi) is 6.62. The lowest BCUT2D eigenvalue weighted by atomic mass is 10.0.